The SMILES string of the molecule is N[C@@H](c1cc(Br)cs1)C1CCCC1. The summed E-state index contributed by atoms with van der Waals surface area (Å²) in [6.45, 7) is 0. The summed E-state index contributed by atoms with van der Waals surface area (Å²) in [7, 11) is 0. The van der Waals surface area contributed by atoms with Gasteiger partial charge < -0.3 is 5.73 Å². The summed E-state index contributed by atoms with van der Waals surface area (Å²) in [6, 6.07) is 2.44. The first-order valence-electron chi connectivity index (χ1n) is 4.77. The molecule has 2 rings (SSSR count). The van der Waals surface area contributed by atoms with Gasteiger partial charge in [-0.1, -0.05) is 12.8 Å². The Morgan fingerprint density at radius 1 is 1.46 bits per heavy atom. The van der Waals surface area contributed by atoms with Crippen LogP contribution >= 0.6 is 27.3 Å². The van der Waals surface area contributed by atoms with Crippen molar-refractivity contribution in [3.63, 3.8) is 0 Å². The number of halogens is 1. The van der Waals surface area contributed by atoms with Crippen LogP contribution < -0.4 is 5.73 Å². The molecule has 1 aliphatic rings. The van der Waals surface area contributed by atoms with Gasteiger partial charge in [0.1, 0.15) is 0 Å². The predicted octanol–water partition coefficient (Wildman–Crippen LogP) is 3.70. The van der Waals surface area contributed by atoms with Crippen molar-refractivity contribution in [1.82, 2.24) is 0 Å². The first-order valence-corrected chi connectivity index (χ1v) is 6.44. The Labute approximate surface area is 91.5 Å². The van der Waals surface area contributed by atoms with Crippen molar-refractivity contribution in [3.05, 3.63) is 20.8 Å². The van der Waals surface area contributed by atoms with Gasteiger partial charge in [-0.3, -0.25) is 0 Å². The van der Waals surface area contributed by atoms with Gasteiger partial charge in [0.2, 0.25) is 0 Å². The molecule has 0 aliphatic heterocycles. The van der Waals surface area contributed by atoms with Gasteiger partial charge in [-0.25, -0.2) is 0 Å². The van der Waals surface area contributed by atoms with E-state index in [9.17, 15) is 0 Å². The zero-order chi connectivity index (χ0) is 9.26. The Bertz CT molecular complexity index is 278. The molecular weight excluding hydrogens is 246 g/mol. The lowest BCUT2D eigenvalue weighted by molar-refractivity contribution is 0.450. The van der Waals surface area contributed by atoms with E-state index in [0.29, 0.717) is 0 Å². The van der Waals surface area contributed by atoms with E-state index in [0.717, 1.165) is 5.92 Å². The molecule has 1 heterocycles. The van der Waals surface area contributed by atoms with Gasteiger partial charge in [-0.2, -0.15) is 0 Å². The van der Waals surface area contributed by atoms with Gasteiger partial charge >= 0.3 is 0 Å². The van der Waals surface area contributed by atoms with Crippen molar-refractivity contribution in [2.24, 2.45) is 11.7 Å². The van der Waals surface area contributed by atoms with Gasteiger partial charge in [0.05, 0.1) is 0 Å². The van der Waals surface area contributed by atoms with Crippen molar-refractivity contribution in [2.45, 2.75) is 31.7 Å². The smallest absolute Gasteiger partial charge is 0.0418 e. The molecule has 1 saturated carbocycles. The molecule has 0 aromatic carbocycles. The highest BCUT2D eigenvalue weighted by molar-refractivity contribution is 9.10. The molecule has 2 N–H and O–H groups in total. The molecule has 0 radical (unpaired) electrons. The fourth-order valence-corrected chi connectivity index (χ4v) is 3.59. The average Bonchev–Trinajstić information content (AvgIpc) is 2.72. The van der Waals surface area contributed by atoms with Gasteiger partial charge in [-0.15, -0.1) is 11.3 Å². The maximum absolute atomic E-state index is 6.20. The fraction of sp³-hybridized carbons (Fsp3) is 0.600. The topological polar surface area (TPSA) is 26.0 Å². The normalized spacial score (nSPS) is 20.8. The first-order chi connectivity index (χ1) is 6.27. The van der Waals surface area contributed by atoms with Crippen LogP contribution in [0.25, 0.3) is 0 Å². The molecule has 0 unspecified atom stereocenters. The van der Waals surface area contributed by atoms with Crippen LogP contribution in [0.3, 0.4) is 0 Å². The lowest BCUT2D eigenvalue weighted by Crippen LogP contribution is -2.17. The van der Waals surface area contributed by atoms with Crippen molar-refractivity contribution >= 4 is 27.3 Å². The van der Waals surface area contributed by atoms with Crippen LogP contribution in [0, 0.1) is 5.92 Å². The van der Waals surface area contributed by atoms with Crippen LogP contribution in [-0.2, 0) is 0 Å². The van der Waals surface area contributed by atoms with Crippen LogP contribution in [0.5, 0.6) is 0 Å². The monoisotopic (exact) mass is 259 g/mol. The second-order valence-electron chi connectivity index (χ2n) is 3.74. The molecule has 72 valence electrons. The number of thiophene rings is 1. The molecule has 1 nitrogen and oxygen atoms in total. The zero-order valence-electron chi connectivity index (χ0n) is 7.50. The van der Waals surface area contributed by atoms with Crippen molar-refractivity contribution in [2.75, 3.05) is 0 Å². The third-order valence-electron chi connectivity index (χ3n) is 2.82. The average molecular weight is 260 g/mol. The summed E-state index contributed by atoms with van der Waals surface area (Å²) in [5.74, 6) is 0.727. The number of hydrogen-bond acceptors (Lipinski definition) is 2. The third kappa shape index (κ3) is 2.14. The van der Waals surface area contributed by atoms with E-state index in [1.165, 1.54) is 35.0 Å². The minimum absolute atomic E-state index is 0.277. The van der Waals surface area contributed by atoms with Crippen LogP contribution in [0.2, 0.25) is 0 Å². The van der Waals surface area contributed by atoms with Crippen LogP contribution in [0.15, 0.2) is 15.9 Å². The Morgan fingerprint density at radius 2 is 2.15 bits per heavy atom. The van der Waals surface area contributed by atoms with E-state index in [1.807, 2.05) is 0 Å². The minimum Gasteiger partial charge on any atom is -0.323 e. The van der Waals surface area contributed by atoms with Gasteiger partial charge in [0.15, 0.2) is 0 Å². The number of nitrogens with two attached hydrogens (primary N) is 1. The summed E-state index contributed by atoms with van der Waals surface area (Å²) in [6.07, 6.45) is 5.36. The lowest BCUT2D eigenvalue weighted by atomic mass is 9.98. The molecule has 1 aliphatic carbocycles. The Morgan fingerprint density at radius 3 is 2.69 bits per heavy atom. The van der Waals surface area contributed by atoms with Gasteiger partial charge in [0.25, 0.3) is 0 Å². The van der Waals surface area contributed by atoms with E-state index in [1.54, 1.807) is 11.3 Å². The lowest BCUT2D eigenvalue weighted by Gasteiger charge is -2.16. The largest absolute Gasteiger partial charge is 0.323 e. The Kier molecular flexibility index (Phi) is 3.06. The Hall–Kier alpha value is 0.140. The third-order valence-corrected chi connectivity index (χ3v) is 4.62. The maximum Gasteiger partial charge on any atom is 0.0418 e. The fourth-order valence-electron chi connectivity index (χ4n) is 2.05. The van der Waals surface area contributed by atoms with Crippen molar-refractivity contribution < 1.29 is 0 Å². The van der Waals surface area contributed by atoms with E-state index in [4.69, 9.17) is 5.73 Å². The predicted molar refractivity (Wildman–Crippen MR) is 60.9 cm³/mol. The first kappa shape index (κ1) is 9.69. The zero-order valence-corrected chi connectivity index (χ0v) is 9.90. The summed E-state index contributed by atoms with van der Waals surface area (Å²) < 4.78 is 1.17. The summed E-state index contributed by atoms with van der Waals surface area (Å²) in [5.41, 5.74) is 6.20. The molecule has 1 fully saturated rings. The summed E-state index contributed by atoms with van der Waals surface area (Å²) in [4.78, 5) is 1.33. The second kappa shape index (κ2) is 4.11. The molecule has 0 spiro atoms. The minimum atomic E-state index is 0.277. The van der Waals surface area contributed by atoms with Gasteiger partial charge in [-0.05, 0) is 40.8 Å². The number of rotatable bonds is 2. The molecule has 0 saturated heterocycles. The highest BCUT2D eigenvalue weighted by Gasteiger charge is 2.23. The molecule has 1 atom stereocenters. The molecule has 3 heteroatoms. The number of hydrogen-bond donors (Lipinski definition) is 1. The van der Waals surface area contributed by atoms with E-state index < -0.39 is 0 Å². The summed E-state index contributed by atoms with van der Waals surface area (Å²) in [5, 5.41) is 2.12. The van der Waals surface area contributed by atoms with Crippen LogP contribution in [0.1, 0.15) is 36.6 Å². The molecule has 0 bridgehead atoms. The highest BCUT2D eigenvalue weighted by Crippen LogP contribution is 2.36. The molecule has 1 aromatic rings. The van der Waals surface area contributed by atoms with Gasteiger partial charge in [0, 0.05) is 20.8 Å². The quantitative estimate of drug-likeness (QED) is 0.862. The van der Waals surface area contributed by atoms with Crippen LogP contribution in [0.4, 0.5) is 0 Å². The van der Waals surface area contributed by atoms with Crippen LogP contribution in [-0.4, -0.2) is 0 Å². The van der Waals surface area contributed by atoms with Crippen molar-refractivity contribution in [1.29, 1.82) is 0 Å². The summed E-state index contributed by atoms with van der Waals surface area (Å²) >= 11 is 5.24. The molecule has 13 heavy (non-hydrogen) atoms. The highest BCUT2D eigenvalue weighted by atomic mass is 79.9. The van der Waals surface area contributed by atoms with E-state index in [2.05, 4.69) is 27.4 Å². The Balaban J connectivity index is 2.07. The maximum atomic E-state index is 6.20. The standard InChI is InChI=1S/C10H14BrNS/c11-8-5-9(13-6-8)10(12)7-3-1-2-4-7/h5-7,10H,1-4,12H2/t10-/m1/s1. The molecule has 1 aromatic heterocycles. The van der Waals surface area contributed by atoms with E-state index >= 15 is 0 Å². The molecule has 0 amide bonds. The molecular formula is C10H14BrNS. The van der Waals surface area contributed by atoms with Crippen molar-refractivity contribution in [3.8, 4) is 0 Å². The second-order valence-corrected chi connectivity index (χ2v) is 5.60. The van der Waals surface area contributed by atoms with E-state index in [-0.39, 0.29) is 6.04 Å².